The first kappa shape index (κ1) is 15.4. The summed E-state index contributed by atoms with van der Waals surface area (Å²) in [5.74, 6) is -0.243. The smallest absolute Gasteiger partial charge is 0.188 e. The second-order valence-corrected chi connectivity index (χ2v) is 7.88. The van der Waals surface area contributed by atoms with E-state index in [0.717, 1.165) is 37.1 Å². The molecule has 26 heavy (non-hydrogen) atoms. The van der Waals surface area contributed by atoms with Crippen LogP contribution in [-0.4, -0.2) is 9.97 Å². The molecule has 0 amide bonds. The van der Waals surface area contributed by atoms with Crippen molar-refractivity contribution in [2.24, 2.45) is 0 Å². The van der Waals surface area contributed by atoms with Crippen molar-refractivity contribution in [2.75, 3.05) is 5.32 Å². The molecular weight excluding hydrogens is 365 g/mol. The van der Waals surface area contributed by atoms with Crippen molar-refractivity contribution in [1.29, 1.82) is 0 Å². The summed E-state index contributed by atoms with van der Waals surface area (Å²) in [5.41, 5.74) is 3.85. The number of halogens is 1. The SMILES string of the molecule is Fc1ccc2nc(Nc3ccc(-c4nc5ccccc5s4)cc3)sc2c1. The maximum atomic E-state index is 13.3. The van der Waals surface area contributed by atoms with E-state index < -0.39 is 0 Å². The first-order chi connectivity index (χ1) is 12.7. The number of thiazole rings is 2. The van der Waals surface area contributed by atoms with Crippen molar-refractivity contribution in [3.8, 4) is 10.6 Å². The van der Waals surface area contributed by atoms with Gasteiger partial charge >= 0.3 is 0 Å². The minimum Gasteiger partial charge on any atom is -0.332 e. The van der Waals surface area contributed by atoms with Crippen molar-refractivity contribution in [2.45, 2.75) is 0 Å². The Hall–Kier alpha value is -2.83. The molecule has 126 valence electrons. The predicted octanol–water partition coefficient (Wildman–Crippen LogP) is 6.46. The summed E-state index contributed by atoms with van der Waals surface area (Å²) >= 11 is 3.12. The van der Waals surface area contributed by atoms with Gasteiger partial charge in [0.15, 0.2) is 5.13 Å². The average molecular weight is 377 g/mol. The Labute approximate surface area is 156 Å². The molecule has 0 atom stereocenters. The third kappa shape index (κ3) is 2.83. The lowest BCUT2D eigenvalue weighted by Gasteiger charge is -2.03. The molecule has 0 aliphatic rings. The van der Waals surface area contributed by atoms with E-state index in [1.165, 1.54) is 28.2 Å². The van der Waals surface area contributed by atoms with Crippen molar-refractivity contribution in [1.82, 2.24) is 9.97 Å². The van der Waals surface area contributed by atoms with Crippen LogP contribution in [0.2, 0.25) is 0 Å². The molecule has 6 heteroatoms. The van der Waals surface area contributed by atoms with Gasteiger partial charge < -0.3 is 5.32 Å². The van der Waals surface area contributed by atoms with Crippen molar-refractivity contribution >= 4 is 53.9 Å². The summed E-state index contributed by atoms with van der Waals surface area (Å²) in [4.78, 5) is 9.17. The topological polar surface area (TPSA) is 37.8 Å². The quantitative estimate of drug-likeness (QED) is 0.392. The van der Waals surface area contributed by atoms with Gasteiger partial charge in [0, 0.05) is 11.3 Å². The van der Waals surface area contributed by atoms with Crippen LogP contribution < -0.4 is 5.32 Å². The summed E-state index contributed by atoms with van der Waals surface area (Å²) in [7, 11) is 0. The summed E-state index contributed by atoms with van der Waals surface area (Å²) in [6.07, 6.45) is 0. The van der Waals surface area contributed by atoms with Crippen molar-refractivity contribution < 1.29 is 4.39 Å². The van der Waals surface area contributed by atoms with E-state index >= 15 is 0 Å². The number of fused-ring (bicyclic) bond motifs is 2. The van der Waals surface area contributed by atoms with E-state index in [2.05, 4.69) is 21.4 Å². The van der Waals surface area contributed by atoms with Crippen molar-refractivity contribution in [3.05, 3.63) is 72.5 Å². The third-order valence-corrected chi connectivity index (χ3v) is 6.05. The van der Waals surface area contributed by atoms with E-state index in [-0.39, 0.29) is 5.82 Å². The van der Waals surface area contributed by atoms with Gasteiger partial charge in [0.1, 0.15) is 10.8 Å². The van der Waals surface area contributed by atoms with Gasteiger partial charge in [0.05, 0.1) is 20.4 Å². The highest BCUT2D eigenvalue weighted by molar-refractivity contribution is 7.22. The molecule has 0 fully saturated rings. The lowest BCUT2D eigenvalue weighted by molar-refractivity contribution is 0.630. The maximum Gasteiger partial charge on any atom is 0.188 e. The van der Waals surface area contributed by atoms with Gasteiger partial charge in [0.2, 0.25) is 0 Å². The van der Waals surface area contributed by atoms with Crippen molar-refractivity contribution in [3.63, 3.8) is 0 Å². The van der Waals surface area contributed by atoms with E-state index in [1.807, 2.05) is 42.5 Å². The third-order valence-electron chi connectivity index (χ3n) is 4.03. The molecule has 0 aliphatic carbocycles. The van der Waals surface area contributed by atoms with E-state index in [4.69, 9.17) is 0 Å². The largest absolute Gasteiger partial charge is 0.332 e. The number of nitrogens with one attached hydrogen (secondary N) is 1. The zero-order valence-electron chi connectivity index (χ0n) is 13.4. The van der Waals surface area contributed by atoms with Crippen LogP contribution in [0.1, 0.15) is 0 Å². The van der Waals surface area contributed by atoms with E-state index in [0.29, 0.717) is 0 Å². The number of benzene rings is 3. The molecule has 2 heterocycles. The summed E-state index contributed by atoms with van der Waals surface area (Å²) < 4.78 is 15.3. The Morgan fingerprint density at radius 2 is 1.58 bits per heavy atom. The standard InChI is InChI=1S/C20H12FN3S2/c21-13-7-10-16-18(11-13)26-20(24-16)22-14-8-5-12(6-9-14)19-23-15-3-1-2-4-17(15)25-19/h1-11H,(H,22,24). The summed E-state index contributed by atoms with van der Waals surface area (Å²) in [6, 6.07) is 20.9. The molecule has 1 N–H and O–H groups in total. The number of aromatic nitrogens is 2. The van der Waals surface area contributed by atoms with Gasteiger partial charge in [-0.1, -0.05) is 23.5 Å². The molecule has 3 nitrogen and oxygen atoms in total. The first-order valence-electron chi connectivity index (χ1n) is 8.04. The van der Waals surface area contributed by atoms with E-state index in [9.17, 15) is 4.39 Å². The molecule has 2 aromatic heterocycles. The predicted molar refractivity (Wildman–Crippen MR) is 108 cm³/mol. The molecule has 3 aromatic carbocycles. The summed E-state index contributed by atoms with van der Waals surface area (Å²) in [5, 5.41) is 5.04. The van der Waals surface area contributed by atoms with Gasteiger partial charge in [-0.2, -0.15) is 0 Å². The normalized spacial score (nSPS) is 11.3. The fourth-order valence-corrected chi connectivity index (χ4v) is 4.65. The Kier molecular flexibility index (Phi) is 3.65. The van der Waals surface area contributed by atoms with Crippen LogP contribution in [0.25, 0.3) is 31.0 Å². The number of hydrogen-bond donors (Lipinski definition) is 1. The number of rotatable bonds is 3. The number of nitrogens with zero attached hydrogens (tertiary/aromatic N) is 2. The van der Waals surface area contributed by atoms with Crippen LogP contribution >= 0.6 is 22.7 Å². The lowest BCUT2D eigenvalue weighted by Crippen LogP contribution is -1.88. The molecule has 0 saturated carbocycles. The lowest BCUT2D eigenvalue weighted by atomic mass is 10.2. The Balaban J connectivity index is 1.41. The monoisotopic (exact) mass is 377 g/mol. The minimum absolute atomic E-state index is 0.243. The maximum absolute atomic E-state index is 13.3. The second kappa shape index (κ2) is 6.16. The zero-order valence-corrected chi connectivity index (χ0v) is 15.1. The van der Waals surface area contributed by atoms with Crippen LogP contribution in [0.15, 0.2) is 66.7 Å². The molecule has 0 spiro atoms. The zero-order chi connectivity index (χ0) is 17.5. The van der Waals surface area contributed by atoms with Gasteiger partial charge in [-0.3, -0.25) is 0 Å². The molecular formula is C20H12FN3S2. The fraction of sp³-hybridized carbons (Fsp3) is 0. The first-order valence-corrected chi connectivity index (χ1v) is 9.67. The minimum atomic E-state index is -0.243. The Morgan fingerprint density at radius 3 is 2.42 bits per heavy atom. The highest BCUT2D eigenvalue weighted by Gasteiger charge is 2.08. The van der Waals surface area contributed by atoms with Gasteiger partial charge in [0.25, 0.3) is 0 Å². The molecule has 0 aliphatic heterocycles. The van der Waals surface area contributed by atoms with Crippen LogP contribution in [0.5, 0.6) is 0 Å². The molecule has 0 saturated heterocycles. The fourth-order valence-electron chi connectivity index (χ4n) is 2.77. The molecule has 0 unspecified atom stereocenters. The van der Waals surface area contributed by atoms with Gasteiger partial charge in [-0.25, -0.2) is 14.4 Å². The van der Waals surface area contributed by atoms with Gasteiger partial charge in [-0.15, -0.1) is 11.3 Å². The van der Waals surface area contributed by atoms with Gasteiger partial charge in [-0.05, 0) is 54.6 Å². The number of hydrogen-bond acceptors (Lipinski definition) is 5. The molecule has 5 rings (SSSR count). The van der Waals surface area contributed by atoms with Crippen LogP contribution in [0, 0.1) is 5.82 Å². The highest BCUT2D eigenvalue weighted by atomic mass is 32.1. The second-order valence-electron chi connectivity index (χ2n) is 5.82. The molecule has 5 aromatic rings. The average Bonchev–Trinajstić information content (AvgIpc) is 3.25. The van der Waals surface area contributed by atoms with Crippen LogP contribution in [0.3, 0.4) is 0 Å². The molecule has 0 radical (unpaired) electrons. The van der Waals surface area contributed by atoms with Crippen LogP contribution in [-0.2, 0) is 0 Å². The van der Waals surface area contributed by atoms with E-state index in [1.54, 1.807) is 17.4 Å². The summed E-state index contributed by atoms with van der Waals surface area (Å²) in [6.45, 7) is 0. The van der Waals surface area contributed by atoms with Crippen LogP contribution in [0.4, 0.5) is 15.2 Å². The number of anilines is 2. The molecule has 0 bridgehead atoms. The highest BCUT2D eigenvalue weighted by Crippen LogP contribution is 2.32. The Morgan fingerprint density at radius 1 is 0.769 bits per heavy atom. The number of para-hydroxylation sites is 1. The Bertz CT molecular complexity index is 1190.